The Hall–Kier alpha value is -2.99. The van der Waals surface area contributed by atoms with E-state index in [1.807, 2.05) is 48.7 Å². The number of aryl methyl sites for hydroxylation is 1. The number of methoxy groups -OCH3 is 1. The second-order valence-electron chi connectivity index (χ2n) is 5.81. The summed E-state index contributed by atoms with van der Waals surface area (Å²) in [6.45, 7) is 1.40. The average molecular weight is 386 g/mol. The molecule has 0 aliphatic rings. The molecule has 0 radical (unpaired) electrons. The molecule has 1 aromatic heterocycles. The second kappa shape index (κ2) is 9.09. The number of amides is 1. The Morgan fingerprint density at radius 3 is 2.78 bits per heavy atom. The zero-order valence-corrected chi connectivity index (χ0v) is 15.6. The van der Waals surface area contributed by atoms with Crippen molar-refractivity contribution in [3.05, 3.63) is 65.3 Å². The van der Waals surface area contributed by atoms with E-state index in [0.29, 0.717) is 11.6 Å². The third-order valence-electron chi connectivity index (χ3n) is 3.99. The number of nitrogens with zero attached hydrogens (tertiary/aromatic N) is 2. The van der Waals surface area contributed by atoms with Crippen LogP contribution in [0.2, 0.25) is 5.02 Å². The number of carbonyl (C=O) groups excluding carboxylic acids is 1. The van der Waals surface area contributed by atoms with Gasteiger partial charge in [0.2, 0.25) is 0 Å². The lowest BCUT2D eigenvalue weighted by Gasteiger charge is -2.08. The highest BCUT2D eigenvalue weighted by molar-refractivity contribution is 6.30. The Bertz CT molecular complexity index is 935. The summed E-state index contributed by atoms with van der Waals surface area (Å²) in [6, 6.07) is 15.4. The van der Waals surface area contributed by atoms with Crippen LogP contribution in [0.3, 0.4) is 0 Å². The van der Waals surface area contributed by atoms with E-state index >= 15 is 0 Å². The summed E-state index contributed by atoms with van der Waals surface area (Å²) in [5.41, 5.74) is 4.32. The molecular weight excluding hydrogens is 366 g/mol. The van der Waals surface area contributed by atoms with E-state index in [1.165, 1.54) is 7.11 Å². The Morgan fingerprint density at radius 1 is 1.22 bits per heavy atom. The van der Waals surface area contributed by atoms with Gasteiger partial charge in [0.1, 0.15) is 5.75 Å². The smallest absolute Gasteiger partial charge is 0.427 e. The number of carbonyl (C=O) groups is 1. The van der Waals surface area contributed by atoms with E-state index < -0.39 is 6.09 Å². The summed E-state index contributed by atoms with van der Waals surface area (Å²) < 4.78 is 12.4. The molecule has 0 atom stereocenters. The van der Waals surface area contributed by atoms with Crippen LogP contribution in [0.4, 0.5) is 4.79 Å². The van der Waals surface area contributed by atoms with Crippen LogP contribution in [0.25, 0.3) is 10.9 Å². The van der Waals surface area contributed by atoms with Crippen LogP contribution in [-0.2, 0) is 11.3 Å². The van der Waals surface area contributed by atoms with Crippen LogP contribution in [-0.4, -0.2) is 30.6 Å². The van der Waals surface area contributed by atoms with Crippen molar-refractivity contribution in [1.82, 2.24) is 9.99 Å². The summed E-state index contributed by atoms with van der Waals surface area (Å²) in [6.07, 6.45) is 3.86. The second-order valence-corrected chi connectivity index (χ2v) is 6.25. The molecule has 3 aromatic rings. The number of nitrogens with one attached hydrogen (secondary N) is 1. The summed E-state index contributed by atoms with van der Waals surface area (Å²) in [4.78, 5) is 11.1. The van der Waals surface area contributed by atoms with Crippen LogP contribution in [0, 0.1) is 0 Å². The average Bonchev–Trinajstić information content (AvgIpc) is 3.04. The molecule has 3 rings (SSSR count). The van der Waals surface area contributed by atoms with Crippen molar-refractivity contribution in [1.29, 1.82) is 0 Å². The Labute approximate surface area is 162 Å². The maximum absolute atomic E-state index is 11.1. The number of aromatic nitrogens is 1. The van der Waals surface area contributed by atoms with Crippen molar-refractivity contribution in [2.75, 3.05) is 13.7 Å². The predicted octanol–water partition coefficient (Wildman–Crippen LogP) is 4.45. The number of halogens is 1. The lowest BCUT2D eigenvalue weighted by Crippen LogP contribution is -2.16. The first-order chi connectivity index (χ1) is 13.2. The minimum atomic E-state index is -0.602. The predicted molar refractivity (Wildman–Crippen MR) is 107 cm³/mol. The lowest BCUT2D eigenvalue weighted by molar-refractivity contribution is 0.171. The number of fused-ring (bicyclic) bond motifs is 1. The Morgan fingerprint density at radius 2 is 2.00 bits per heavy atom. The Kier molecular flexibility index (Phi) is 6.33. The van der Waals surface area contributed by atoms with Gasteiger partial charge in [-0.15, -0.1) is 0 Å². The van der Waals surface area contributed by atoms with Crippen molar-refractivity contribution >= 4 is 34.8 Å². The van der Waals surface area contributed by atoms with Gasteiger partial charge in [-0.05, 0) is 36.8 Å². The normalized spacial score (nSPS) is 11.0. The van der Waals surface area contributed by atoms with Crippen molar-refractivity contribution < 1.29 is 14.3 Å². The van der Waals surface area contributed by atoms with Gasteiger partial charge in [0, 0.05) is 34.2 Å². The van der Waals surface area contributed by atoms with E-state index in [2.05, 4.69) is 25.9 Å². The standard InChI is InChI=1S/C20H20ClN3O3/c1-26-20(25)23-22-13-15-14-24(19-6-3-2-5-18(15)19)11-4-12-27-17-9-7-16(21)8-10-17/h2-3,5-10,13-14H,4,11-12H2,1H3,(H,23,25)/b22-13+. The molecule has 0 saturated heterocycles. The van der Waals surface area contributed by atoms with Gasteiger partial charge in [0.15, 0.2) is 0 Å². The molecule has 140 valence electrons. The van der Waals surface area contributed by atoms with Gasteiger partial charge in [-0.25, -0.2) is 10.2 Å². The quantitative estimate of drug-likeness (QED) is 0.371. The summed E-state index contributed by atoms with van der Waals surface area (Å²) in [5, 5.41) is 5.67. The summed E-state index contributed by atoms with van der Waals surface area (Å²) in [5.74, 6) is 0.804. The van der Waals surface area contributed by atoms with Gasteiger partial charge in [-0.2, -0.15) is 5.10 Å². The fourth-order valence-electron chi connectivity index (χ4n) is 2.72. The topological polar surface area (TPSA) is 64.8 Å². The van der Waals surface area contributed by atoms with Gasteiger partial charge in [-0.3, -0.25) is 0 Å². The van der Waals surface area contributed by atoms with E-state index in [0.717, 1.165) is 35.2 Å². The first-order valence-corrected chi connectivity index (χ1v) is 8.88. The van der Waals surface area contributed by atoms with Crippen molar-refractivity contribution in [3.8, 4) is 5.75 Å². The van der Waals surface area contributed by atoms with Crippen LogP contribution in [0.1, 0.15) is 12.0 Å². The molecule has 1 amide bonds. The Balaban J connectivity index is 1.63. The molecular formula is C20H20ClN3O3. The fraction of sp³-hybridized carbons (Fsp3) is 0.200. The summed E-state index contributed by atoms with van der Waals surface area (Å²) >= 11 is 5.87. The molecule has 1 N–H and O–H groups in total. The monoisotopic (exact) mass is 385 g/mol. The first-order valence-electron chi connectivity index (χ1n) is 8.50. The molecule has 0 bridgehead atoms. The number of hydrogen-bond donors (Lipinski definition) is 1. The zero-order chi connectivity index (χ0) is 19.1. The van der Waals surface area contributed by atoms with Crippen LogP contribution >= 0.6 is 11.6 Å². The molecule has 0 aliphatic carbocycles. The molecule has 0 aliphatic heterocycles. The van der Waals surface area contributed by atoms with Gasteiger partial charge in [0.25, 0.3) is 0 Å². The number of hydrazone groups is 1. The van der Waals surface area contributed by atoms with Gasteiger partial charge in [-0.1, -0.05) is 29.8 Å². The molecule has 7 heteroatoms. The van der Waals surface area contributed by atoms with E-state index in [1.54, 1.807) is 6.21 Å². The molecule has 27 heavy (non-hydrogen) atoms. The molecule has 0 spiro atoms. The molecule has 1 heterocycles. The highest BCUT2D eigenvalue weighted by atomic mass is 35.5. The van der Waals surface area contributed by atoms with Gasteiger partial charge in [0.05, 0.1) is 19.9 Å². The maximum Gasteiger partial charge on any atom is 0.427 e. The zero-order valence-electron chi connectivity index (χ0n) is 14.9. The van der Waals surface area contributed by atoms with E-state index in [9.17, 15) is 4.79 Å². The number of ether oxygens (including phenoxy) is 2. The highest BCUT2D eigenvalue weighted by Crippen LogP contribution is 2.21. The van der Waals surface area contributed by atoms with E-state index in [-0.39, 0.29) is 0 Å². The molecule has 2 aromatic carbocycles. The molecule has 6 nitrogen and oxygen atoms in total. The first kappa shape index (κ1) is 18.8. The third-order valence-corrected chi connectivity index (χ3v) is 4.24. The lowest BCUT2D eigenvalue weighted by atomic mass is 10.2. The van der Waals surface area contributed by atoms with Crippen molar-refractivity contribution in [2.45, 2.75) is 13.0 Å². The van der Waals surface area contributed by atoms with E-state index in [4.69, 9.17) is 16.3 Å². The van der Waals surface area contributed by atoms with Gasteiger partial charge < -0.3 is 14.0 Å². The minimum absolute atomic E-state index is 0.599. The van der Waals surface area contributed by atoms with Crippen molar-refractivity contribution in [3.63, 3.8) is 0 Å². The SMILES string of the molecule is COC(=O)N/N=C/c1cn(CCCOc2ccc(Cl)cc2)c2ccccc12. The number of benzene rings is 2. The minimum Gasteiger partial charge on any atom is -0.494 e. The largest absolute Gasteiger partial charge is 0.494 e. The van der Waals surface area contributed by atoms with Crippen LogP contribution in [0.5, 0.6) is 5.75 Å². The van der Waals surface area contributed by atoms with Crippen LogP contribution in [0.15, 0.2) is 59.8 Å². The van der Waals surface area contributed by atoms with Crippen molar-refractivity contribution in [2.24, 2.45) is 5.10 Å². The van der Waals surface area contributed by atoms with Gasteiger partial charge >= 0.3 is 6.09 Å². The summed E-state index contributed by atoms with van der Waals surface area (Å²) in [7, 11) is 1.29. The number of hydrogen-bond acceptors (Lipinski definition) is 4. The third kappa shape index (κ3) is 5.01. The fourth-order valence-corrected chi connectivity index (χ4v) is 2.84. The molecule has 0 saturated carbocycles. The molecule has 0 fully saturated rings. The maximum atomic E-state index is 11.1. The number of rotatable bonds is 7. The highest BCUT2D eigenvalue weighted by Gasteiger charge is 2.07. The number of para-hydroxylation sites is 1. The van der Waals surface area contributed by atoms with Crippen LogP contribution < -0.4 is 10.2 Å². The molecule has 0 unspecified atom stereocenters.